The molecule has 0 radical (unpaired) electrons. The van der Waals surface area contributed by atoms with Gasteiger partial charge in [0.25, 0.3) is 0 Å². The lowest BCUT2D eigenvalue weighted by Gasteiger charge is -2.07. The number of rotatable bonds is 4. The third kappa shape index (κ3) is 3.65. The van der Waals surface area contributed by atoms with Gasteiger partial charge >= 0.3 is 12.1 Å². The van der Waals surface area contributed by atoms with Crippen molar-refractivity contribution in [2.24, 2.45) is 0 Å². The number of ether oxygens (including phenoxy) is 4. The van der Waals surface area contributed by atoms with Crippen LogP contribution in [0.1, 0.15) is 5.56 Å². The topological polar surface area (TPSA) is 83.1 Å². The Morgan fingerprint density at radius 3 is 2.71 bits per heavy atom. The summed E-state index contributed by atoms with van der Waals surface area (Å²) in [4.78, 5) is 22.8. The molecule has 1 heterocycles. The zero-order valence-corrected chi connectivity index (χ0v) is 11.7. The second-order valence-electron chi connectivity index (χ2n) is 4.12. The van der Waals surface area contributed by atoms with Crippen molar-refractivity contribution in [3.8, 4) is 11.5 Å². The normalized spacial score (nSPS) is 12.8. The van der Waals surface area contributed by atoms with Gasteiger partial charge in [0.2, 0.25) is 6.79 Å². The minimum Gasteiger partial charge on any atom is -0.464 e. The van der Waals surface area contributed by atoms with E-state index in [-0.39, 0.29) is 12.5 Å². The van der Waals surface area contributed by atoms with E-state index < -0.39 is 12.1 Å². The van der Waals surface area contributed by atoms with Crippen molar-refractivity contribution in [2.45, 2.75) is 6.42 Å². The van der Waals surface area contributed by atoms with Crippen molar-refractivity contribution < 1.29 is 28.5 Å². The zero-order chi connectivity index (χ0) is 15.2. The smallest absolute Gasteiger partial charge is 0.411 e. The van der Waals surface area contributed by atoms with Gasteiger partial charge < -0.3 is 18.9 Å². The fourth-order valence-electron chi connectivity index (χ4n) is 1.74. The molecule has 0 aliphatic carbocycles. The first-order valence-corrected chi connectivity index (χ1v) is 6.16. The van der Waals surface area contributed by atoms with Crippen molar-refractivity contribution >= 4 is 12.1 Å². The van der Waals surface area contributed by atoms with Crippen LogP contribution in [0.5, 0.6) is 11.5 Å². The lowest BCUT2D eigenvalue weighted by atomic mass is 10.1. The van der Waals surface area contributed by atoms with Crippen molar-refractivity contribution in [3.05, 3.63) is 35.5 Å². The summed E-state index contributed by atoms with van der Waals surface area (Å²) in [5, 5.41) is 2.31. The van der Waals surface area contributed by atoms with Gasteiger partial charge in [-0.15, -0.1) is 0 Å². The molecule has 7 heteroatoms. The van der Waals surface area contributed by atoms with Gasteiger partial charge in [-0.3, -0.25) is 5.32 Å². The molecule has 0 atom stereocenters. The molecule has 0 saturated carbocycles. The minimum atomic E-state index is -0.739. The molecular formula is C14H15NO6. The quantitative estimate of drug-likeness (QED) is 0.667. The number of esters is 1. The van der Waals surface area contributed by atoms with Crippen LogP contribution in [0.15, 0.2) is 30.0 Å². The summed E-state index contributed by atoms with van der Waals surface area (Å²) in [6, 6.07) is 5.44. The molecule has 0 fully saturated rings. The van der Waals surface area contributed by atoms with Crippen LogP contribution in [-0.2, 0) is 20.7 Å². The number of hydrogen-bond donors (Lipinski definition) is 1. The Morgan fingerprint density at radius 1 is 1.24 bits per heavy atom. The fraction of sp³-hybridized carbons (Fsp3) is 0.286. The van der Waals surface area contributed by atoms with E-state index in [1.54, 1.807) is 12.1 Å². The Labute approximate surface area is 121 Å². The maximum Gasteiger partial charge on any atom is 0.411 e. The van der Waals surface area contributed by atoms with Crippen LogP contribution >= 0.6 is 0 Å². The van der Waals surface area contributed by atoms with Gasteiger partial charge in [0.1, 0.15) is 5.70 Å². The second-order valence-corrected chi connectivity index (χ2v) is 4.12. The van der Waals surface area contributed by atoms with Crippen molar-refractivity contribution in [1.29, 1.82) is 0 Å². The molecule has 1 amide bonds. The molecule has 0 spiro atoms. The number of carbonyl (C=O) groups is 2. The van der Waals surface area contributed by atoms with Gasteiger partial charge in [-0.1, -0.05) is 6.07 Å². The number of hydrogen-bond acceptors (Lipinski definition) is 6. The molecule has 21 heavy (non-hydrogen) atoms. The monoisotopic (exact) mass is 293 g/mol. The van der Waals surface area contributed by atoms with Crippen LogP contribution in [0.3, 0.4) is 0 Å². The molecule has 0 unspecified atom stereocenters. The molecular weight excluding hydrogens is 278 g/mol. The first kappa shape index (κ1) is 14.7. The molecule has 0 saturated heterocycles. The van der Waals surface area contributed by atoms with E-state index in [4.69, 9.17) is 9.47 Å². The summed E-state index contributed by atoms with van der Waals surface area (Å²) >= 11 is 0. The maximum absolute atomic E-state index is 11.6. The van der Waals surface area contributed by atoms with Gasteiger partial charge in [-0.05, 0) is 30.2 Å². The zero-order valence-electron chi connectivity index (χ0n) is 11.7. The van der Waals surface area contributed by atoms with E-state index in [1.807, 2.05) is 12.1 Å². The van der Waals surface area contributed by atoms with Gasteiger partial charge in [0, 0.05) is 0 Å². The number of methoxy groups -OCH3 is 2. The molecule has 2 rings (SSSR count). The summed E-state index contributed by atoms with van der Waals surface area (Å²) in [6.45, 7) is 0.200. The Kier molecular flexibility index (Phi) is 4.65. The van der Waals surface area contributed by atoms with Crippen LogP contribution < -0.4 is 14.8 Å². The number of amides is 1. The third-order valence-electron chi connectivity index (χ3n) is 2.81. The average Bonchev–Trinajstić information content (AvgIpc) is 2.97. The molecule has 1 aromatic rings. The molecule has 0 aromatic heterocycles. The summed E-state index contributed by atoms with van der Waals surface area (Å²) in [5.74, 6) is 0.686. The molecule has 1 aliphatic heterocycles. The highest BCUT2D eigenvalue weighted by Gasteiger charge is 2.15. The number of fused-ring (bicyclic) bond motifs is 1. The molecule has 0 bridgehead atoms. The predicted octanol–water partition coefficient (Wildman–Crippen LogP) is 1.37. The van der Waals surface area contributed by atoms with E-state index in [1.165, 1.54) is 14.2 Å². The van der Waals surface area contributed by atoms with Crippen molar-refractivity contribution in [1.82, 2.24) is 5.32 Å². The van der Waals surface area contributed by atoms with E-state index in [0.29, 0.717) is 17.9 Å². The molecule has 1 N–H and O–H groups in total. The van der Waals surface area contributed by atoms with Crippen LogP contribution in [0.2, 0.25) is 0 Å². The fourth-order valence-corrected chi connectivity index (χ4v) is 1.74. The van der Waals surface area contributed by atoms with Gasteiger partial charge in [-0.25, -0.2) is 9.59 Å². The number of benzene rings is 1. The van der Waals surface area contributed by atoms with E-state index in [9.17, 15) is 9.59 Å². The summed E-state index contributed by atoms with van der Waals surface area (Å²) in [7, 11) is 2.44. The van der Waals surface area contributed by atoms with Gasteiger partial charge in [0.05, 0.1) is 14.2 Å². The van der Waals surface area contributed by atoms with Crippen LogP contribution in [0.4, 0.5) is 4.79 Å². The van der Waals surface area contributed by atoms with E-state index in [0.717, 1.165) is 5.56 Å². The lowest BCUT2D eigenvalue weighted by Crippen LogP contribution is -2.28. The minimum absolute atomic E-state index is 0.0158. The Bertz CT molecular complexity index is 581. The predicted molar refractivity (Wildman–Crippen MR) is 71.9 cm³/mol. The van der Waals surface area contributed by atoms with Crippen LogP contribution in [-0.4, -0.2) is 33.1 Å². The first-order chi connectivity index (χ1) is 10.1. The largest absolute Gasteiger partial charge is 0.464 e. The standard InChI is InChI=1S/C14H15NO6/c1-18-13(16)10(15-14(17)19-2)5-3-9-4-6-11-12(7-9)21-8-20-11/h4-7H,3,8H2,1-2H3,(H,15,17)/b10-5+. The number of carbonyl (C=O) groups excluding carboxylic acids is 2. The highest BCUT2D eigenvalue weighted by atomic mass is 16.7. The Balaban J connectivity index is 2.11. The van der Waals surface area contributed by atoms with Crippen LogP contribution in [0, 0.1) is 0 Å². The SMILES string of the molecule is COC(=O)N/C(=C/Cc1ccc2c(c1)OCO2)C(=O)OC. The summed E-state index contributed by atoms with van der Waals surface area (Å²) < 4.78 is 19.5. The number of allylic oxidation sites excluding steroid dienone is 1. The van der Waals surface area contributed by atoms with E-state index in [2.05, 4.69) is 14.8 Å². The van der Waals surface area contributed by atoms with Crippen molar-refractivity contribution in [3.63, 3.8) is 0 Å². The third-order valence-corrected chi connectivity index (χ3v) is 2.81. The molecule has 112 valence electrons. The van der Waals surface area contributed by atoms with Crippen LogP contribution in [0.25, 0.3) is 0 Å². The highest BCUT2D eigenvalue weighted by molar-refractivity contribution is 5.92. The summed E-state index contributed by atoms with van der Waals surface area (Å²) in [5.41, 5.74) is 0.911. The maximum atomic E-state index is 11.6. The second kappa shape index (κ2) is 6.65. The molecule has 7 nitrogen and oxygen atoms in total. The highest BCUT2D eigenvalue weighted by Crippen LogP contribution is 2.32. The van der Waals surface area contributed by atoms with Gasteiger partial charge in [-0.2, -0.15) is 0 Å². The lowest BCUT2D eigenvalue weighted by molar-refractivity contribution is -0.136. The first-order valence-electron chi connectivity index (χ1n) is 6.16. The number of alkyl carbamates (subject to hydrolysis) is 1. The Morgan fingerprint density at radius 2 is 2.00 bits per heavy atom. The average molecular weight is 293 g/mol. The number of nitrogens with one attached hydrogen (secondary N) is 1. The van der Waals surface area contributed by atoms with E-state index >= 15 is 0 Å². The van der Waals surface area contributed by atoms with Crippen molar-refractivity contribution in [2.75, 3.05) is 21.0 Å². The van der Waals surface area contributed by atoms with Gasteiger partial charge in [0.15, 0.2) is 11.5 Å². The Hall–Kier alpha value is -2.70. The summed E-state index contributed by atoms with van der Waals surface area (Å²) in [6.07, 6.45) is 1.21. The molecule has 1 aliphatic rings. The molecule has 1 aromatic carbocycles.